The van der Waals surface area contributed by atoms with Gasteiger partial charge in [-0.1, -0.05) is 42.5 Å². The molecular weight excluding hydrogens is 505 g/mol. The molecule has 2 aliphatic rings. The lowest BCUT2D eigenvalue weighted by atomic mass is 9.99. The molecule has 0 saturated carbocycles. The Morgan fingerprint density at radius 3 is 2.62 bits per heavy atom. The Morgan fingerprint density at radius 1 is 1.02 bits per heavy atom. The van der Waals surface area contributed by atoms with Crippen LogP contribution in [0.1, 0.15) is 21.5 Å². The number of carbonyl (C=O) groups is 1. The molecule has 196 valence electrons. The molecule has 2 aliphatic heterocycles. The molecule has 8 heteroatoms. The van der Waals surface area contributed by atoms with Crippen LogP contribution in [0.5, 0.6) is 5.75 Å². The second-order valence-electron chi connectivity index (χ2n) is 9.93. The van der Waals surface area contributed by atoms with Crippen molar-refractivity contribution in [2.75, 3.05) is 31.1 Å². The van der Waals surface area contributed by atoms with E-state index in [1.54, 1.807) is 22.9 Å². The monoisotopic (exact) mass is 529 g/mol. The van der Waals surface area contributed by atoms with Gasteiger partial charge in [0, 0.05) is 37.8 Å². The van der Waals surface area contributed by atoms with E-state index in [2.05, 4.69) is 11.4 Å². The number of carbonyl (C=O) groups excluding carboxylic acids is 1. The number of halogens is 1. The molecule has 2 aromatic heterocycles. The number of nitrogens with one attached hydrogen (secondary N) is 1. The summed E-state index contributed by atoms with van der Waals surface area (Å²) >= 11 is 0. The highest BCUT2D eigenvalue weighted by molar-refractivity contribution is 6.14. The molecule has 0 atom stereocenters. The van der Waals surface area contributed by atoms with E-state index in [-0.39, 0.29) is 18.3 Å². The van der Waals surface area contributed by atoms with E-state index in [9.17, 15) is 10.1 Å². The van der Waals surface area contributed by atoms with Crippen LogP contribution in [0.25, 0.3) is 33.4 Å². The second-order valence-corrected chi connectivity index (χ2v) is 9.93. The number of piperazine rings is 1. The smallest absolute Gasteiger partial charge is 0.268 e. The lowest BCUT2D eigenvalue weighted by Crippen LogP contribution is -2.43. The maximum atomic E-state index is 15.5. The van der Waals surface area contributed by atoms with E-state index in [0.29, 0.717) is 57.9 Å². The van der Waals surface area contributed by atoms with Crippen molar-refractivity contribution >= 4 is 22.5 Å². The van der Waals surface area contributed by atoms with Crippen molar-refractivity contribution in [1.82, 2.24) is 14.9 Å². The van der Waals surface area contributed by atoms with E-state index >= 15 is 4.39 Å². The molecule has 1 fully saturated rings. The Kier molecular flexibility index (Phi) is 5.80. The van der Waals surface area contributed by atoms with Crippen LogP contribution in [-0.4, -0.2) is 41.6 Å². The van der Waals surface area contributed by atoms with Gasteiger partial charge in [0.2, 0.25) is 0 Å². The number of nitriles is 1. The van der Waals surface area contributed by atoms with Gasteiger partial charge in [0.05, 0.1) is 28.5 Å². The molecule has 0 amide bonds. The number of benzene rings is 3. The third-order valence-corrected chi connectivity index (χ3v) is 7.58. The predicted octanol–water partition coefficient (Wildman–Crippen LogP) is 5.37. The SMILES string of the molecule is N#Cc1ccccc1-c1ccc(COc2c3c(nc4cc(N5CCNCC5)c(F)cc24)-c2cccn2C3=O)cc1. The van der Waals surface area contributed by atoms with Crippen LogP contribution in [0.3, 0.4) is 0 Å². The largest absolute Gasteiger partial charge is 0.487 e. The van der Waals surface area contributed by atoms with Gasteiger partial charge in [-0.05, 0) is 47.0 Å². The fourth-order valence-electron chi connectivity index (χ4n) is 5.57. The average molecular weight is 530 g/mol. The van der Waals surface area contributed by atoms with Gasteiger partial charge in [0.15, 0.2) is 0 Å². The van der Waals surface area contributed by atoms with Gasteiger partial charge >= 0.3 is 0 Å². The molecular formula is C32H24FN5O2. The molecule has 7 nitrogen and oxygen atoms in total. The number of hydrogen-bond acceptors (Lipinski definition) is 6. The van der Waals surface area contributed by atoms with Gasteiger partial charge in [0.25, 0.3) is 5.91 Å². The number of fused-ring (bicyclic) bond motifs is 4. The number of nitrogens with zero attached hydrogens (tertiary/aromatic N) is 4. The predicted molar refractivity (Wildman–Crippen MR) is 151 cm³/mol. The molecule has 40 heavy (non-hydrogen) atoms. The van der Waals surface area contributed by atoms with E-state index in [0.717, 1.165) is 29.8 Å². The minimum absolute atomic E-state index is 0.176. The second kappa shape index (κ2) is 9.63. The van der Waals surface area contributed by atoms with Crippen molar-refractivity contribution in [3.05, 3.63) is 102 Å². The zero-order valence-corrected chi connectivity index (χ0v) is 21.5. The van der Waals surface area contributed by atoms with Crippen LogP contribution >= 0.6 is 0 Å². The maximum Gasteiger partial charge on any atom is 0.268 e. The van der Waals surface area contributed by atoms with Crippen LogP contribution in [0.4, 0.5) is 10.1 Å². The number of aromatic nitrogens is 2. The molecule has 0 spiro atoms. The fourth-order valence-corrected chi connectivity index (χ4v) is 5.57. The van der Waals surface area contributed by atoms with E-state index < -0.39 is 0 Å². The Hall–Kier alpha value is -5.00. The van der Waals surface area contributed by atoms with Gasteiger partial charge < -0.3 is 15.0 Å². The maximum absolute atomic E-state index is 15.5. The Labute approximate surface area is 230 Å². The summed E-state index contributed by atoms with van der Waals surface area (Å²) in [5.41, 5.74) is 5.92. The van der Waals surface area contributed by atoms with Crippen molar-refractivity contribution in [3.8, 4) is 34.3 Å². The first-order valence-electron chi connectivity index (χ1n) is 13.2. The number of pyridine rings is 1. The van der Waals surface area contributed by atoms with E-state index in [4.69, 9.17) is 9.72 Å². The van der Waals surface area contributed by atoms with Gasteiger partial charge in [-0.2, -0.15) is 5.26 Å². The van der Waals surface area contributed by atoms with Crippen molar-refractivity contribution in [3.63, 3.8) is 0 Å². The van der Waals surface area contributed by atoms with Crippen LogP contribution in [0, 0.1) is 17.1 Å². The fraction of sp³-hybridized carbons (Fsp3) is 0.156. The normalized spacial score (nSPS) is 14.2. The molecule has 7 rings (SSSR count). The van der Waals surface area contributed by atoms with Crippen molar-refractivity contribution in [2.45, 2.75) is 6.61 Å². The minimum Gasteiger partial charge on any atom is -0.487 e. The van der Waals surface area contributed by atoms with Crippen LogP contribution < -0.4 is 15.0 Å². The standard InChI is InChI=1S/C32H24FN5O2/c33-25-16-24-26(17-28(25)37-14-11-35-12-15-37)36-30-27-6-3-13-38(27)32(39)29(30)31(24)40-19-20-7-9-21(10-8-20)23-5-2-1-4-22(23)18-34/h1-10,13,16-17,35H,11-12,14-15,19H2. The first-order valence-corrected chi connectivity index (χ1v) is 13.2. The average Bonchev–Trinajstić information content (AvgIpc) is 3.59. The molecule has 0 radical (unpaired) electrons. The van der Waals surface area contributed by atoms with E-state index in [1.807, 2.05) is 59.5 Å². The molecule has 3 aromatic carbocycles. The third kappa shape index (κ3) is 3.91. The molecule has 0 bridgehead atoms. The molecule has 5 aromatic rings. The lowest BCUT2D eigenvalue weighted by molar-refractivity contribution is 0.0965. The summed E-state index contributed by atoms with van der Waals surface area (Å²) in [6, 6.07) is 24.3. The highest BCUT2D eigenvalue weighted by Gasteiger charge is 2.33. The van der Waals surface area contributed by atoms with Crippen LogP contribution in [0.15, 0.2) is 79.0 Å². The summed E-state index contributed by atoms with van der Waals surface area (Å²) < 4.78 is 23.4. The Bertz CT molecular complexity index is 1830. The van der Waals surface area contributed by atoms with Gasteiger partial charge in [0.1, 0.15) is 29.4 Å². The highest BCUT2D eigenvalue weighted by atomic mass is 19.1. The minimum atomic E-state index is -0.369. The van der Waals surface area contributed by atoms with Crippen LogP contribution in [-0.2, 0) is 6.61 Å². The number of ether oxygens (including phenoxy) is 1. The lowest BCUT2D eigenvalue weighted by Gasteiger charge is -2.30. The molecule has 0 aliphatic carbocycles. The summed E-state index contributed by atoms with van der Waals surface area (Å²) in [5, 5.41) is 13.2. The topological polar surface area (TPSA) is 83.2 Å². The third-order valence-electron chi connectivity index (χ3n) is 7.58. The first-order chi connectivity index (χ1) is 19.6. The molecule has 0 unspecified atom stereocenters. The molecule has 1 saturated heterocycles. The summed E-state index contributed by atoms with van der Waals surface area (Å²) in [7, 11) is 0. The van der Waals surface area contributed by atoms with Gasteiger partial charge in [-0.25, -0.2) is 9.37 Å². The zero-order chi connectivity index (χ0) is 27.2. The summed E-state index contributed by atoms with van der Waals surface area (Å²) in [5.74, 6) is -0.278. The number of anilines is 1. The summed E-state index contributed by atoms with van der Waals surface area (Å²) in [4.78, 5) is 20.2. The van der Waals surface area contributed by atoms with Crippen molar-refractivity contribution < 1.29 is 13.9 Å². The zero-order valence-electron chi connectivity index (χ0n) is 21.5. The molecule has 4 heterocycles. The van der Waals surface area contributed by atoms with Crippen molar-refractivity contribution in [2.24, 2.45) is 0 Å². The number of rotatable bonds is 5. The molecule has 1 N–H and O–H groups in total. The first kappa shape index (κ1) is 24.1. The summed E-state index contributed by atoms with van der Waals surface area (Å²) in [6.45, 7) is 3.15. The van der Waals surface area contributed by atoms with Gasteiger partial charge in [-0.3, -0.25) is 9.36 Å². The van der Waals surface area contributed by atoms with E-state index in [1.165, 1.54) is 6.07 Å². The Balaban J connectivity index is 1.28. The Morgan fingerprint density at radius 2 is 1.82 bits per heavy atom. The highest BCUT2D eigenvalue weighted by Crippen LogP contribution is 2.42. The van der Waals surface area contributed by atoms with Crippen molar-refractivity contribution in [1.29, 1.82) is 5.26 Å². The summed E-state index contributed by atoms with van der Waals surface area (Å²) in [6.07, 6.45) is 1.71. The van der Waals surface area contributed by atoms with Gasteiger partial charge in [-0.15, -0.1) is 0 Å². The number of hydrogen-bond donors (Lipinski definition) is 1. The van der Waals surface area contributed by atoms with Crippen LogP contribution in [0.2, 0.25) is 0 Å². The quantitative estimate of drug-likeness (QED) is 0.323.